The van der Waals surface area contributed by atoms with Crippen LogP contribution < -0.4 is 54.0 Å². The number of para-hydroxylation sites is 3. The molecule has 564 valence electrons. The second-order valence-corrected chi connectivity index (χ2v) is 20.7. The molecule has 0 aliphatic carbocycles. The minimum Gasteiger partial charge on any atom is -0.475 e. The number of hydrogen-bond acceptors (Lipinski definition) is 18. The maximum absolute atomic E-state index is 13.9. The Kier molecular flexibility index (Phi) is 38.2. The largest absolute Gasteiger partial charge is 0.490 e. The zero-order valence-electron chi connectivity index (χ0n) is 52.4. The Morgan fingerprint density at radius 1 is 0.580 bits per heavy atom. The molecule has 2 aromatic rings. The number of carbonyl (C=O) groups is 12. The van der Waals surface area contributed by atoms with Crippen LogP contribution >= 0.6 is 0 Å². The number of piperidine rings is 1. The van der Waals surface area contributed by atoms with Crippen LogP contribution in [0, 0.1) is 0 Å². The number of hydrogen-bond donors (Lipinski definition) is 14. The van der Waals surface area contributed by atoms with Gasteiger partial charge in [-0.15, -0.1) is 0 Å². The van der Waals surface area contributed by atoms with Crippen molar-refractivity contribution in [2.45, 2.75) is 107 Å². The molecule has 17 N–H and O–H groups in total. The van der Waals surface area contributed by atoms with Gasteiger partial charge in [0, 0.05) is 71.9 Å². The van der Waals surface area contributed by atoms with Crippen molar-refractivity contribution < 1.29 is 149 Å². The highest BCUT2D eigenvalue weighted by atomic mass is 19.4. The lowest BCUT2D eigenvalue weighted by molar-refractivity contribution is -0.193. The summed E-state index contributed by atoms with van der Waals surface area (Å²) in [5.74, 6) is -16.5. The Hall–Kier alpha value is -9.70. The topological polar surface area (TPSA) is 482 Å². The highest BCUT2D eigenvalue weighted by Gasteiger charge is 2.41. The molecular weight excluding hydrogens is 1400 g/mol. The number of likely N-dealkylation sites (tertiary alicyclic amines) is 1. The van der Waals surface area contributed by atoms with Gasteiger partial charge in [0.25, 0.3) is 5.91 Å². The Bertz CT molecular complexity index is 2960. The number of anilines is 3. The lowest BCUT2D eigenvalue weighted by Crippen LogP contribution is -2.56. The summed E-state index contributed by atoms with van der Waals surface area (Å²) in [4.78, 5) is 147. The summed E-state index contributed by atoms with van der Waals surface area (Å²) in [6.07, 6.45) is -22.4. The van der Waals surface area contributed by atoms with E-state index in [1.807, 2.05) is 24.3 Å². The number of fused-ring (bicyclic) bond motifs is 2. The molecule has 3 aliphatic heterocycles. The Balaban J connectivity index is 0.00000227. The second-order valence-electron chi connectivity index (χ2n) is 20.7. The first kappa shape index (κ1) is 90.3. The first-order chi connectivity index (χ1) is 45.9. The van der Waals surface area contributed by atoms with E-state index < -0.39 is 102 Å². The van der Waals surface area contributed by atoms with Gasteiger partial charge in [-0.2, -0.15) is 65.9 Å². The monoisotopic (exact) mass is 1470 g/mol. The molecule has 3 aliphatic rings. The molecule has 0 radical (unpaired) electrons. The molecule has 0 saturated carbocycles. The lowest BCUT2D eigenvalue weighted by Gasteiger charge is -2.36. The maximum atomic E-state index is 13.9. The van der Waals surface area contributed by atoms with E-state index in [4.69, 9.17) is 66.7 Å². The zero-order valence-corrected chi connectivity index (χ0v) is 52.4. The van der Waals surface area contributed by atoms with E-state index in [2.05, 4.69) is 51.6 Å². The number of carboxylic acids is 5. The number of imide groups is 1. The van der Waals surface area contributed by atoms with Gasteiger partial charge in [-0.05, 0) is 76.3 Å². The molecule has 0 bridgehead atoms. The number of halogens is 15. The van der Waals surface area contributed by atoms with Crippen molar-refractivity contribution in [1.82, 2.24) is 41.3 Å². The highest BCUT2D eigenvalue weighted by Crippen LogP contribution is 2.38. The fourth-order valence-corrected chi connectivity index (χ4v) is 8.13. The van der Waals surface area contributed by atoms with Gasteiger partial charge in [0.1, 0.15) is 12.1 Å². The quantitative estimate of drug-likeness (QED) is 0.0366. The van der Waals surface area contributed by atoms with Gasteiger partial charge in [-0.3, -0.25) is 63.5 Å². The standard InChI is InChI=1S/C44H66N14O7.5C2HF3O2/c1-29(40(62)54-43(65)35(11-7-17-45)51-30(2)59)50-42(64)34(12-8-18-49-44(46)47)48-19-22-55-23-25-57(26-24-55)27-38(60)52-31-15-20-56(21-16-31)28-39(61)58-36-13-5-3-9-32(36)41(63)53-33-10-4-6-14-37(33)58;5*3-2(4,5)1(6)7/h3-6,9-10,13-14,29,31,34-35,48H,7-8,11-12,15-28,45H2,1-2H3,(H,50,64)(H,51,59)(H,52,60)(H,53,63)(H4,46,47,49)(H,54,62,65);5*(H,6,7)/t29-,34-,35-;;;;;/m0...../s1. The minimum atomic E-state index is -5.08. The molecule has 46 heteroatoms. The predicted molar refractivity (Wildman–Crippen MR) is 315 cm³/mol. The number of guanidine groups is 1. The third kappa shape index (κ3) is 36.8. The van der Waals surface area contributed by atoms with Crippen molar-refractivity contribution in [1.29, 1.82) is 0 Å². The van der Waals surface area contributed by atoms with Crippen LogP contribution in [0.3, 0.4) is 0 Å². The summed E-state index contributed by atoms with van der Waals surface area (Å²) < 4.78 is 159. The number of carbonyl (C=O) groups excluding carboxylic acids is 7. The van der Waals surface area contributed by atoms with Gasteiger partial charge in [-0.1, -0.05) is 24.3 Å². The molecule has 2 fully saturated rings. The van der Waals surface area contributed by atoms with Crippen LogP contribution in [0.1, 0.15) is 62.7 Å². The van der Waals surface area contributed by atoms with Gasteiger partial charge < -0.3 is 69.3 Å². The average molecular weight is 1470 g/mol. The zero-order chi connectivity index (χ0) is 77.3. The van der Waals surface area contributed by atoms with Crippen LogP contribution in [0.25, 0.3) is 0 Å². The first-order valence-corrected chi connectivity index (χ1v) is 28.6. The Labute approximate surface area is 555 Å². The third-order valence-electron chi connectivity index (χ3n) is 12.9. The van der Waals surface area contributed by atoms with Crippen molar-refractivity contribution in [3.05, 3.63) is 54.1 Å². The molecule has 100 heavy (non-hydrogen) atoms. The van der Waals surface area contributed by atoms with E-state index in [0.29, 0.717) is 107 Å². The minimum absolute atomic E-state index is 0.000941. The summed E-state index contributed by atoms with van der Waals surface area (Å²) in [7, 11) is 0. The number of aliphatic imine (C=N–C) groups is 1. The van der Waals surface area contributed by atoms with Crippen molar-refractivity contribution in [2.24, 2.45) is 22.2 Å². The molecule has 31 nitrogen and oxygen atoms in total. The summed E-state index contributed by atoms with van der Waals surface area (Å²) in [5, 5.41) is 52.5. The number of nitrogens with two attached hydrogens (primary N) is 3. The number of nitrogens with zero attached hydrogens (tertiary/aromatic N) is 5. The number of aliphatic carboxylic acids is 5. The Morgan fingerprint density at radius 2 is 1.01 bits per heavy atom. The smallest absolute Gasteiger partial charge is 0.475 e. The van der Waals surface area contributed by atoms with Crippen molar-refractivity contribution in [2.75, 3.05) is 88.8 Å². The fraction of sp³-hybridized carbons (Fsp3) is 0.537. The van der Waals surface area contributed by atoms with E-state index in [9.17, 15) is 99.4 Å². The van der Waals surface area contributed by atoms with E-state index in [1.54, 1.807) is 29.2 Å². The number of carboxylic acid groups (broad SMARTS) is 5. The van der Waals surface area contributed by atoms with E-state index in [-0.39, 0.29) is 49.2 Å². The summed E-state index contributed by atoms with van der Waals surface area (Å²) in [6, 6.07) is 11.7. The maximum Gasteiger partial charge on any atom is 0.490 e. The van der Waals surface area contributed by atoms with Crippen molar-refractivity contribution >= 4 is 94.2 Å². The predicted octanol–water partition coefficient (Wildman–Crippen LogP) is 1.68. The van der Waals surface area contributed by atoms with Gasteiger partial charge in [0.2, 0.25) is 35.4 Å². The molecule has 3 atom stereocenters. The van der Waals surface area contributed by atoms with Crippen LogP contribution in [0.2, 0.25) is 0 Å². The summed E-state index contributed by atoms with van der Waals surface area (Å²) >= 11 is 0. The van der Waals surface area contributed by atoms with Crippen molar-refractivity contribution in [3.8, 4) is 0 Å². The molecule has 5 rings (SSSR count). The Morgan fingerprint density at radius 3 is 1.46 bits per heavy atom. The molecule has 3 heterocycles. The average Bonchev–Trinajstić information content (AvgIpc) is 1.60. The number of alkyl halides is 15. The lowest BCUT2D eigenvalue weighted by atomic mass is 10.0. The SMILES string of the molecule is CC(=O)N[C@@H](CCCN)C(=O)NC(=O)[C@H](C)NC(=O)[C@H](CCCN=C(N)N)NCCN1CCN(CC(=O)NC2CCN(CC(=O)N3c4ccccc4NC(=O)c4ccccc43)CC2)CC1.O=C(O)C(F)(F)F.O=C(O)C(F)(F)F.O=C(O)C(F)(F)F.O=C(O)C(F)(F)F.O=C(O)C(F)(F)F. The van der Waals surface area contributed by atoms with E-state index >= 15 is 0 Å². The number of piperazine rings is 1. The number of nitrogens with one attached hydrogen (secondary N) is 6. The van der Waals surface area contributed by atoms with Crippen LogP contribution in [0.4, 0.5) is 82.9 Å². The summed E-state index contributed by atoms with van der Waals surface area (Å²) in [6.45, 7) is 9.07. The fourth-order valence-electron chi connectivity index (χ4n) is 8.13. The molecular formula is C54H71F15N14O17. The van der Waals surface area contributed by atoms with Crippen molar-refractivity contribution in [3.63, 3.8) is 0 Å². The number of rotatable bonds is 21. The van der Waals surface area contributed by atoms with Gasteiger partial charge in [-0.25, -0.2) is 24.0 Å². The van der Waals surface area contributed by atoms with Gasteiger partial charge in [0.15, 0.2) is 5.96 Å². The van der Waals surface area contributed by atoms with Crippen LogP contribution in [0.15, 0.2) is 53.5 Å². The highest BCUT2D eigenvalue weighted by molar-refractivity contribution is 6.18. The van der Waals surface area contributed by atoms with Crippen LogP contribution in [0.5, 0.6) is 0 Å². The van der Waals surface area contributed by atoms with Gasteiger partial charge in [0.05, 0.1) is 41.8 Å². The first-order valence-electron chi connectivity index (χ1n) is 28.6. The van der Waals surface area contributed by atoms with Gasteiger partial charge >= 0.3 is 60.7 Å². The number of amides is 7. The summed E-state index contributed by atoms with van der Waals surface area (Å²) in [5.41, 5.74) is 18.7. The molecule has 0 unspecified atom stereocenters. The normalized spacial score (nSPS) is 15.1. The van der Waals surface area contributed by atoms with Crippen LogP contribution in [-0.4, -0.2) is 251 Å². The van der Waals surface area contributed by atoms with Crippen LogP contribution in [-0.2, 0) is 52.7 Å². The molecule has 2 aromatic carbocycles. The molecule has 0 spiro atoms. The molecule has 7 amide bonds. The molecule has 0 aromatic heterocycles. The van der Waals surface area contributed by atoms with E-state index in [0.717, 1.165) is 13.1 Å². The second kappa shape index (κ2) is 42.3. The number of benzene rings is 2. The third-order valence-corrected chi connectivity index (χ3v) is 12.9. The van der Waals surface area contributed by atoms with E-state index in [1.165, 1.54) is 13.8 Å². The molecule has 2 saturated heterocycles.